The van der Waals surface area contributed by atoms with Gasteiger partial charge >= 0.3 is 13.0 Å². The Kier molecular flexibility index (Phi) is 9.85. The third-order valence-electron chi connectivity index (χ3n) is 6.71. The number of hydrogen-bond acceptors (Lipinski definition) is 9. The molecule has 5 aromatic rings. The first kappa shape index (κ1) is 32.7. The first-order chi connectivity index (χ1) is 22.5. The van der Waals surface area contributed by atoms with E-state index < -0.39 is 30.6 Å². The number of ketones is 1. The molecule has 1 N–H and O–H groups in total. The molecule has 0 spiro atoms. The van der Waals surface area contributed by atoms with Gasteiger partial charge in [0.15, 0.2) is 11.6 Å². The summed E-state index contributed by atoms with van der Waals surface area (Å²) in [5.74, 6) is -1.90. The number of pyridine rings is 1. The Labute approximate surface area is 268 Å². The fourth-order valence-corrected chi connectivity index (χ4v) is 4.84. The van der Waals surface area contributed by atoms with Crippen LogP contribution in [-0.4, -0.2) is 53.3 Å². The smallest absolute Gasteiger partial charge is 0.387 e. The van der Waals surface area contributed by atoms with Crippen molar-refractivity contribution in [2.24, 2.45) is 0 Å². The number of nitrogens with one attached hydrogen (secondary N) is 1. The molecule has 17 heteroatoms. The highest BCUT2D eigenvalue weighted by molar-refractivity contribution is 6.32. The molecule has 0 bridgehead atoms. The molecule has 0 saturated heterocycles. The first-order valence-electron chi connectivity index (χ1n) is 13.7. The van der Waals surface area contributed by atoms with E-state index in [4.69, 9.17) is 11.6 Å². The Morgan fingerprint density at radius 3 is 2.60 bits per heavy atom. The molecule has 0 aliphatic heterocycles. The van der Waals surface area contributed by atoms with Gasteiger partial charge in [-0.3, -0.25) is 9.59 Å². The molecule has 2 aromatic carbocycles. The van der Waals surface area contributed by atoms with Gasteiger partial charge in [0.05, 0.1) is 22.3 Å². The minimum Gasteiger partial charge on any atom is -0.435 e. The van der Waals surface area contributed by atoms with E-state index in [9.17, 15) is 32.4 Å². The lowest BCUT2D eigenvalue weighted by Gasteiger charge is -2.14. The van der Waals surface area contributed by atoms with Crippen molar-refractivity contribution in [3.8, 4) is 17.6 Å². The summed E-state index contributed by atoms with van der Waals surface area (Å²) in [5, 5.41) is 27.3. The molecular weight excluding hydrogens is 646 g/mol. The number of hydrogen-bond donors (Lipinski definition) is 1. The number of rotatable bonds is 12. The molecule has 3 aromatic heterocycles. The summed E-state index contributed by atoms with van der Waals surface area (Å²) in [5.41, 5.74) is 1.66. The summed E-state index contributed by atoms with van der Waals surface area (Å²) in [4.78, 5) is 32.5. The van der Waals surface area contributed by atoms with Gasteiger partial charge in [-0.25, -0.2) is 18.4 Å². The van der Waals surface area contributed by atoms with Crippen LogP contribution >= 0.6 is 11.6 Å². The van der Waals surface area contributed by atoms with Crippen LogP contribution in [0.25, 0.3) is 5.82 Å². The number of aromatic nitrogens is 7. The van der Waals surface area contributed by atoms with Crippen molar-refractivity contribution in [2.45, 2.75) is 39.5 Å². The Morgan fingerprint density at radius 2 is 1.89 bits per heavy atom. The number of benzene rings is 2. The van der Waals surface area contributed by atoms with E-state index in [0.717, 1.165) is 4.80 Å². The molecule has 12 nitrogen and oxygen atoms in total. The van der Waals surface area contributed by atoms with Gasteiger partial charge in [-0.1, -0.05) is 23.7 Å². The number of amides is 1. The molecule has 5 rings (SSSR count). The molecule has 1 amide bonds. The predicted octanol–water partition coefficient (Wildman–Crippen LogP) is 5.03. The van der Waals surface area contributed by atoms with E-state index in [2.05, 4.69) is 35.5 Å². The molecule has 0 aliphatic carbocycles. The van der Waals surface area contributed by atoms with Crippen LogP contribution in [0.4, 0.5) is 17.6 Å². The number of Topliss-reactive ketones (excluding diaryl/α,β-unsaturated/α-hetero) is 1. The van der Waals surface area contributed by atoms with Crippen LogP contribution < -0.4 is 10.1 Å². The summed E-state index contributed by atoms with van der Waals surface area (Å²) >= 11 is 6.36. The van der Waals surface area contributed by atoms with Gasteiger partial charge < -0.3 is 10.1 Å². The largest absolute Gasteiger partial charge is 0.435 e. The van der Waals surface area contributed by atoms with Crippen LogP contribution in [0.15, 0.2) is 60.8 Å². The van der Waals surface area contributed by atoms with Crippen molar-refractivity contribution in [3.63, 3.8) is 0 Å². The maximum atomic E-state index is 13.9. The Balaban J connectivity index is 1.45. The van der Waals surface area contributed by atoms with E-state index in [1.165, 1.54) is 53.3 Å². The number of aryl methyl sites for hydroxylation is 1. The number of nitriles is 1. The summed E-state index contributed by atoms with van der Waals surface area (Å²) in [7, 11) is 0. The van der Waals surface area contributed by atoms with Crippen LogP contribution in [0.1, 0.15) is 61.0 Å². The van der Waals surface area contributed by atoms with Crippen molar-refractivity contribution in [2.75, 3.05) is 0 Å². The zero-order valence-electron chi connectivity index (χ0n) is 24.2. The van der Waals surface area contributed by atoms with Crippen molar-refractivity contribution >= 4 is 23.3 Å². The van der Waals surface area contributed by atoms with Crippen molar-refractivity contribution < 1.29 is 31.9 Å². The maximum Gasteiger partial charge on any atom is 0.387 e. The number of tetrazole rings is 1. The van der Waals surface area contributed by atoms with E-state index >= 15 is 0 Å². The minimum atomic E-state index is -3.02. The van der Waals surface area contributed by atoms with Crippen molar-refractivity contribution in [1.82, 2.24) is 40.3 Å². The SMILES string of the molecule is Cc1cc(C#N)cc(C(=O)NCc2cccc(OC(F)F)c2)c1CC(=O)c1cc(Cn2nnc(C(F)F)n2)nn1-c1ncccc1Cl. The summed E-state index contributed by atoms with van der Waals surface area (Å²) < 4.78 is 56.9. The lowest BCUT2D eigenvalue weighted by molar-refractivity contribution is -0.0499. The van der Waals surface area contributed by atoms with Crippen LogP contribution in [0.2, 0.25) is 5.02 Å². The van der Waals surface area contributed by atoms with Crippen LogP contribution in [-0.2, 0) is 19.5 Å². The van der Waals surface area contributed by atoms with E-state index in [1.54, 1.807) is 19.1 Å². The van der Waals surface area contributed by atoms with Gasteiger partial charge in [0.1, 0.15) is 18.0 Å². The van der Waals surface area contributed by atoms with Gasteiger partial charge in [-0.05, 0) is 71.3 Å². The molecule has 0 unspecified atom stereocenters. The number of carbonyl (C=O) groups excluding carboxylic acids is 2. The molecular formula is C30H22ClF4N9O3. The minimum absolute atomic E-state index is 0.000705. The van der Waals surface area contributed by atoms with E-state index in [0.29, 0.717) is 16.7 Å². The van der Waals surface area contributed by atoms with Crippen molar-refractivity contribution in [1.29, 1.82) is 5.26 Å². The number of nitrogens with zero attached hydrogens (tertiary/aromatic N) is 8. The molecule has 0 atom stereocenters. The fourth-order valence-electron chi connectivity index (χ4n) is 4.63. The molecule has 3 heterocycles. The van der Waals surface area contributed by atoms with E-state index in [1.807, 2.05) is 6.07 Å². The maximum absolute atomic E-state index is 13.9. The van der Waals surface area contributed by atoms with Gasteiger partial charge in [-0.15, -0.1) is 10.2 Å². The topological polar surface area (TPSA) is 154 Å². The highest BCUT2D eigenvalue weighted by Gasteiger charge is 2.24. The third kappa shape index (κ3) is 7.76. The Morgan fingerprint density at radius 1 is 1.09 bits per heavy atom. The van der Waals surface area contributed by atoms with Crippen LogP contribution in [0.3, 0.4) is 0 Å². The lowest BCUT2D eigenvalue weighted by Crippen LogP contribution is -2.25. The highest BCUT2D eigenvalue weighted by Crippen LogP contribution is 2.24. The summed E-state index contributed by atoms with van der Waals surface area (Å²) in [6.45, 7) is -1.67. The highest BCUT2D eigenvalue weighted by atomic mass is 35.5. The average molecular weight is 668 g/mol. The van der Waals surface area contributed by atoms with E-state index in [-0.39, 0.29) is 58.6 Å². The third-order valence-corrected chi connectivity index (χ3v) is 7.01. The summed E-state index contributed by atoms with van der Waals surface area (Å²) in [6.07, 6.45) is -1.82. The normalized spacial score (nSPS) is 11.1. The van der Waals surface area contributed by atoms with Gasteiger partial charge in [0, 0.05) is 24.7 Å². The standard InChI is InChI=1S/C30H22ClF4N9O3/c1-16-8-18(13-36)10-22(29(46)38-14-17-4-2-5-20(9-17)47-30(34)35)21(16)12-25(45)24-11-19(15-43-41-27(26(32)33)39-42-43)40-44(24)28-23(31)6-3-7-37-28/h2-11,26,30H,12,14-15H2,1H3,(H,38,46). The lowest BCUT2D eigenvalue weighted by atomic mass is 9.93. The Bertz CT molecular complexity index is 1990. The molecule has 47 heavy (non-hydrogen) atoms. The molecule has 0 radical (unpaired) electrons. The van der Waals surface area contributed by atoms with Gasteiger partial charge in [-0.2, -0.15) is 23.9 Å². The second kappa shape index (κ2) is 14.2. The average Bonchev–Trinajstić information content (AvgIpc) is 3.68. The monoisotopic (exact) mass is 667 g/mol. The second-order valence-electron chi connectivity index (χ2n) is 9.96. The molecule has 0 saturated carbocycles. The van der Waals surface area contributed by atoms with Crippen LogP contribution in [0, 0.1) is 18.3 Å². The number of ether oxygens (including phenoxy) is 1. The first-order valence-corrected chi connectivity index (χ1v) is 14.0. The number of alkyl halides is 4. The zero-order valence-corrected chi connectivity index (χ0v) is 25.0. The number of carbonyl (C=O) groups is 2. The fraction of sp³-hybridized carbons (Fsp3) is 0.200. The zero-order chi connectivity index (χ0) is 33.7. The summed E-state index contributed by atoms with van der Waals surface area (Å²) in [6, 6.07) is 15.2. The number of halogens is 5. The second-order valence-corrected chi connectivity index (χ2v) is 10.4. The molecule has 0 fully saturated rings. The van der Waals surface area contributed by atoms with Crippen LogP contribution in [0.5, 0.6) is 5.75 Å². The van der Waals surface area contributed by atoms with Crippen molar-refractivity contribution in [3.05, 3.63) is 111 Å². The predicted molar refractivity (Wildman–Crippen MR) is 156 cm³/mol. The molecule has 0 aliphatic rings. The molecule has 240 valence electrons. The Hall–Kier alpha value is -5.69. The van der Waals surface area contributed by atoms with Gasteiger partial charge in [0.25, 0.3) is 5.91 Å². The quantitative estimate of drug-likeness (QED) is 0.143. The van der Waals surface area contributed by atoms with Gasteiger partial charge in [0.2, 0.25) is 5.82 Å².